The number of halogens is 1. The molecule has 3 rings (SSSR count). The van der Waals surface area contributed by atoms with Gasteiger partial charge in [-0.15, -0.1) is 0 Å². The number of carbonyl (C=O) groups is 2. The second-order valence-electron chi connectivity index (χ2n) is 8.14. The lowest BCUT2D eigenvalue weighted by Crippen LogP contribution is -2.45. The van der Waals surface area contributed by atoms with E-state index in [1.54, 1.807) is 44.4 Å². The number of methoxy groups -OCH3 is 3. The summed E-state index contributed by atoms with van der Waals surface area (Å²) in [5.41, 5.74) is 4.50. The number of urea groups is 1. The van der Waals surface area contributed by atoms with Crippen molar-refractivity contribution in [3.05, 3.63) is 57.2 Å². The van der Waals surface area contributed by atoms with Crippen molar-refractivity contribution in [2.24, 2.45) is 5.10 Å². The number of aliphatic hydroxyl groups excluding tert-OH is 1. The molecule has 39 heavy (non-hydrogen) atoms. The number of carbonyl (C=O) groups excluding carboxylic acids is 2. The maximum absolute atomic E-state index is 12.4. The van der Waals surface area contributed by atoms with Crippen LogP contribution < -0.4 is 35.0 Å². The summed E-state index contributed by atoms with van der Waals surface area (Å²) in [6.45, 7) is 3.61. The zero-order valence-corrected chi connectivity index (χ0v) is 23.7. The molecule has 2 atom stereocenters. The lowest BCUT2D eigenvalue weighted by Gasteiger charge is -2.28. The number of hydrogen-bond acceptors (Lipinski definition) is 10. The lowest BCUT2D eigenvalue weighted by atomic mass is 9.95. The summed E-state index contributed by atoms with van der Waals surface area (Å²) >= 11 is 3.42. The molecule has 1 aliphatic rings. The molecule has 0 bridgehead atoms. The number of amides is 2. The van der Waals surface area contributed by atoms with Gasteiger partial charge in [-0.3, -0.25) is 5.43 Å². The third kappa shape index (κ3) is 7.33. The number of benzene rings is 2. The summed E-state index contributed by atoms with van der Waals surface area (Å²) in [6.07, 6.45) is 0.345. The summed E-state index contributed by atoms with van der Waals surface area (Å²) in [4.78, 5) is 24.5. The SMILES string of the molecule is CCOc1cc([C@@H]2NC(=O)NC(C)=C2C(=O)OC)ccc1OC[C@H](O)N/N=C\c1cc(Br)c(OC)cc1OC. The molecule has 0 saturated carbocycles. The topological polar surface area (TPSA) is 149 Å². The standard InChI is InChI=1S/C26H31BrN4O8/c1-6-38-21-10-15(24-23(25(33)37-5)14(2)29-26(34)30-24)7-8-18(21)39-13-22(32)31-28-12-16-9-17(27)20(36-4)11-19(16)35-3/h7-12,22,24,31-32H,6,13H2,1-5H3,(H2,29,30,34)/b28-12-/t22-,24-/m0/s1. The second-order valence-corrected chi connectivity index (χ2v) is 9.00. The Bertz CT molecular complexity index is 1270. The van der Waals surface area contributed by atoms with Crippen molar-refractivity contribution >= 4 is 34.1 Å². The second kappa shape index (κ2) is 13.7. The van der Waals surface area contributed by atoms with Crippen LogP contribution in [0.1, 0.15) is 31.0 Å². The molecule has 12 nitrogen and oxygen atoms in total. The van der Waals surface area contributed by atoms with Crippen molar-refractivity contribution in [3.63, 3.8) is 0 Å². The van der Waals surface area contributed by atoms with Crippen LogP contribution >= 0.6 is 15.9 Å². The Morgan fingerprint density at radius 1 is 1.13 bits per heavy atom. The Morgan fingerprint density at radius 2 is 1.87 bits per heavy atom. The van der Waals surface area contributed by atoms with Crippen LogP contribution in [0.2, 0.25) is 0 Å². The molecule has 1 heterocycles. The van der Waals surface area contributed by atoms with E-state index in [1.807, 2.05) is 6.92 Å². The number of rotatable bonds is 12. The zero-order chi connectivity index (χ0) is 28.5. The average Bonchev–Trinajstić information content (AvgIpc) is 2.91. The van der Waals surface area contributed by atoms with Crippen LogP contribution in [-0.4, -0.2) is 64.1 Å². The van der Waals surface area contributed by atoms with E-state index in [0.29, 0.717) is 46.4 Å². The largest absolute Gasteiger partial charge is 0.496 e. The number of esters is 1. The predicted octanol–water partition coefficient (Wildman–Crippen LogP) is 2.99. The maximum Gasteiger partial charge on any atom is 0.337 e. The van der Waals surface area contributed by atoms with E-state index >= 15 is 0 Å². The fraction of sp³-hybridized carbons (Fsp3) is 0.346. The highest BCUT2D eigenvalue weighted by atomic mass is 79.9. The molecule has 2 amide bonds. The number of allylic oxidation sites excluding steroid dienone is 1. The van der Waals surface area contributed by atoms with Crippen LogP contribution in [0, 0.1) is 0 Å². The molecule has 4 N–H and O–H groups in total. The summed E-state index contributed by atoms with van der Waals surface area (Å²) in [6, 6.07) is 7.27. The van der Waals surface area contributed by atoms with Crippen LogP contribution in [0.3, 0.4) is 0 Å². The maximum atomic E-state index is 12.4. The number of hydrazone groups is 1. The van der Waals surface area contributed by atoms with Gasteiger partial charge in [0.2, 0.25) is 0 Å². The molecule has 2 aromatic carbocycles. The van der Waals surface area contributed by atoms with Crippen LogP contribution in [0.15, 0.2) is 51.2 Å². The lowest BCUT2D eigenvalue weighted by molar-refractivity contribution is -0.136. The number of hydrogen-bond donors (Lipinski definition) is 4. The van der Waals surface area contributed by atoms with Crippen molar-refractivity contribution in [3.8, 4) is 23.0 Å². The van der Waals surface area contributed by atoms with Gasteiger partial charge in [0, 0.05) is 17.3 Å². The minimum atomic E-state index is -1.15. The Labute approximate surface area is 234 Å². The Kier molecular flexibility index (Phi) is 10.4. The fourth-order valence-electron chi connectivity index (χ4n) is 3.80. The quantitative estimate of drug-likeness (QED) is 0.124. The first-order valence-electron chi connectivity index (χ1n) is 11.9. The summed E-state index contributed by atoms with van der Waals surface area (Å²) < 4.78 is 27.7. The molecule has 13 heteroatoms. The van der Waals surface area contributed by atoms with Gasteiger partial charge in [0.15, 0.2) is 17.7 Å². The predicted molar refractivity (Wildman–Crippen MR) is 146 cm³/mol. The highest BCUT2D eigenvalue weighted by Gasteiger charge is 2.32. The first-order chi connectivity index (χ1) is 18.7. The number of ether oxygens (including phenoxy) is 5. The van der Waals surface area contributed by atoms with Crippen LogP contribution in [-0.2, 0) is 9.53 Å². The molecule has 0 aliphatic carbocycles. The Balaban J connectivity index is 1.71. The minimum Gasteiger partial charge on any atom is -0.496 e. The van der Waals surface area contributed by atoms with E-state index in [9.17, 15) is 14.7 Å². The zero-order valence-electron chi connectivity index (χ0n) is 22.2. The summed E-state index contributed by atoms with van der Waals surface area (Å²) in [5.74, 6) is 1.30. The summed E-state index contributed by atoms with van der Waals surface area (Å²) in [5, 5.41) is 19.7. The van der Waals surface area contributed by atoms with Crippen molar-refractivity contribution in [1.29, 1.82) is 0 Å². The number of nitrogens with one attached hydrogen (secondary N) is 3. The van der Waals surface area contributed by atoms with Crippen LogP contribution in [0.25, 0.3) is 0 Å². The normalized spacial score (nSPS) is 15.8. The highest BCUT2D eigenvalue weighted by Crippen LogP contribution is 2.35. The van der Waals surface area contributed by atoms with Gasteiger partial charge in [-0.1, -0.05) is 6.07 Å². The third-order valence-electron chi connectivity index (χ3n) is 5.60. The monoisotopic (exact) mass is 606 g/mol. The van der Waals surface area contributed by atoms with Crippen molar-refractivity contribution in [2.75, 3.05) is 34.5 Å². The van der Waals surface area contributed by atoms with Crippen molar-refractivity contribution < 1.29 is 38.4 Å². The molecule has 0 saturated heterocycles. The van der Waals surface area contributed by atoms with Gasteiger partial charge in [0.05, 0.1) is 50.2 Å². The van der Waals surface area contributed by atoms with E-state index in [1.165, 1.54) is 20.4 Å². The van der Waals surface area contributed by atoms with E-state index in [4.69, 9.17) is 23.7 Å². The fourth-order valence-corrected chi connectivity index (χ4v) is 4.32. The van der Waals surface area contributed by atoms with Gasteiger partial charge in [0.25, 0.3) is 0 Å². The van der Waals surface area contributed by atoms with Crippen molar-refractivity contribution in [2.45, 2.75) is 26.1 Å². The number of nitrogens with zero attached hydrogens (tertiary/aromatic N) is 1. The first kappa shape index (κ1) is 29.6. The van der Waals surface area contributed by atoms with Crippen LogP contribution in [0.5, 0.6) is 23.0 Å². The van der Waals surface area contributed by atoms with E-state index in [2.05, 4.69) is 37.1 Å². The van der Waals surface area contributed by atoms with Crippen LogP contribution in [0.4, 0.5) is 4.79 Å². The average molecular weight is 607 g/mol. The molecular weight excluding hydrogens is 576 g/mol. The minimum absolute atomic E-state index is 0.156. The van der Waals surface area contributed by atoms with Gasteiger partial charge in [0.1, 0.15) is 18.1 Å². The Hall–Kier alpha value is -3.97. The molecule has 0 aromatic heterocycles. The van der Waals surface area contributed by atoms with E-state index in [-0.39, 0.29) is 12.2 Å². The molecule has 0 unspecified atom stereocenters. The molecule has 2 aromatic rings. The molecular formula is C26H31BrN4O8. The van der Waals surface area contributed by atoms with Gasteiger partial charge in [-0.2, -0.15) is 5.10 Å². The van der Waals surface area contributed by atoms with E-state index < -0.39 is 24.3 Å². The van der Waals surface area contributed by atoms with Gasteiger partial charge < -0.3 is 39.4 Å². The van der Waals surface area contributed by atoms with Gasteiger partial charge in [-0.05, 0) is 53.5 Å². The first-order valence-corrected chi connectivity index (χ1v) is 12.7. The summed E-state index contributed by atoms with van der Waals surface area (Å²) in [7, 11) is 4.36. The smallest absolute Gasteiger partial charge is 0.337 e. The van der Waals surface area contributed by atoms with Gasteiger partial charge >= 0.3 is 12.0 Å². The highest BCUT2D eigenvalue weighted by molar-refractivity contribution is 9.10. The van der Waals surface area contributed by atoms with Gasteiger partial charge in [-0.25, -0.2) is 9.59 Å². The molecule has 0 fully saturated rings. The molecule has 0 radical (unpaired) electrons. The Morgan fingerprint density at radius 3 is 2.54 bits per heavy atom. The third-order valence-corrected chi connectivity index (χ3v) is 6.22. The van der Waals surface area contributed by atoms with E-state index in [0.717, 1.165) is 4.47 Å². The van der Waals surface area contributed by atoms with Crippen molar-refractivity contribution in [1.82, 2.24) is 16.1 Å². The molecule has 210 valence electrons. The molecule has 0 spiro atoms. The number of aliphatic hydroxyl groups is 1. The molecule has 1 aliphatic heterocycles.